The quantitative estimate of drug-likeness (QED) is 0.551. The van der Waals surface area contributed by atoms with E-state index in [2.05, 4.69) is 5.92 Å². The molecule has 1 saturated heterocycles. The number of piperazine rings is 1. The predicted molar refractivity (Wildman–Crippen MR) is 79.3 cm³/mol. The minimum Gasteiger partial charge on any atom is -0.339 e. The van der Waals surface area contributed by atoms with Crippen LogP contribution in [-0.2, 0) is 9.59 Å². The second-order valence-corrected chi connectivity index (χ2v) is 5.30. The van der Waals surface area contributed by atoms with Gasteiger partial charge in [0.1, 0.15) is 6.42 Å². The SMILES string of the molecule is C#CCN(C)C/C=C/C(=O)N1CCN(C(=O)CC(F)(F)F)CC1. The molecule has 2 amide bonds. The van der Waals surface area contributed by atoms with Crippen LogP contribution in [0.25, 0.3) is 0 Å². The molecule has 5 nitrogen and oxygen atoms in total. The van der Waals surface area contributed by atoms with E-state index in [0.29, 0.717) is 13.1 Å². The molecule has 23 heavy (non-hydrogen) atoms. The fourth-order valence-electron chi connectivity index (χ4n) is 2.12. The summed E-state index contributed by atoms with van der Waals surface area (Å²) in [5.74, 6) is 1.31. The number of hydrogen-bond donors (Lipinski definition) is 0. The molecule has 1 heterocycles. The van der Waals surface area contributed by atoms with E-state index >= 15 is 0 Å². The van der Waals surface area contributed by atoms with Gasteiger partial charge < -0.3 is 9.80 Å². The van der Waals surface area contributed by atoms with Gasteiger partial charge in [-0.3, -0.25) is 14.5 Å². The monoisotopic (exact) mass is 331 g/mol. The first kappa shape index (κ1) is 19.0. The van der Waals surface area contributed by atoms with Crippen molar-refractivity contribution in [2.45, 2.75) is 12.6 Å². The Morgan fingerprint density at radius 2 is 1.78 bits per heavy atom. The largest absolute Gasteiger partial charge is 0.397 e. The highest BCUT2D eigenvalue weighted by Gasteiger charge is 2.34. The maximum atomic E-state index is 12.2. The van der Waals surface area contributed by atoms with Crippen LogP contribution in [0.2, 0.25) is 0 Å². The van der Waals surface area contributed by atoms with Crippen molar-refractivity contribution in [3.63, 3.8) is 0 Å². The molecule has 0 bridgehead atoms. The molecule has 1 fully saturated rings. The van der Waals surface area contributed by atoms with E-state index in [9.17, 15) is 22.8 Å². The van der Waals surface area contributed by atoms with E-state index in [-0.39, 0.29) is 32.1 Å². The molecule has 1 rings (SSSR count). The number of hydrogen-bond acceptors (Lipinski definition) is 3. The number of halogens is 3. The molecular weight excluding hydrogens is 311 g/mol. The standard InChI is InChI=1S/C15H20F3N3O2/c1-3-6-19(2)7-4-5-13(22)20-8-10-21(11-9-20)14(23)12-15(16,17)18/h1,4-5H,6-12H2,2H3/b5-4+. The van der Waals surface area contributed by atoms with Gasteiger partial charge >= 0.3 is 6.18 Å². The Balaban J connectivity index is 2.38. The van der Waals surface area contributed by atoms with E-state index < -0.39 is 18.5 Å². The summed E-state index contributed by atoms with van der Waals surface area (Å²) in [4.78, 5) is 27.9. The normalized spacial score (nSPS) is 16.0. The average Bonchev–Trinajstić information content (AvgIpc) is 2.46. The predicted octanol–water partition coefficient (Wildman–Crippen LogP) is 0.731. The molecule has 1 aliphatic rings. The second-order valence-electron chi connectivity index (χ2n) is 5.30. The summed E-state index contributed by atoms with van der Waals surface area (Å²) in [6, 6.07) is 0. The van der Waals surface area contributed by atoms with E-state index in [1.165, 1.54) is 11.0 Å². The van der Waals surface area contributed by atoms with Crippen molar-refractivity contribution < 1.29 is 22.8 Å². The lowest BCUT2D eigenvalue weighted by molar-refractivity contribution is -0.163. The fraction of sp³-hybridized carbons (Fsp3) is 0.600. The Hall–Kier alpha value is -2.01. The summed E-state index contributed by atoms with van der Waals surface area (Å²) < 4.78 is 36.6. The van der Waals surface area contributed by atoms with E-state index in [0.717, 1.165) is 4.90 Å². The van der Waals surface area contributed by atoms with Gasteiger partial charge in [0.05, 0.1) is 6.54 Å². The van der Waals surface area contributed by atoms with Gasteiger partial charge in [-0.2, -0.15) is 13.2 Å². The zero-order valence-electron chi connectivity index (χ0n) is 13.0. The summed E-state index contributed by atoms with van der Waals surface area (Å²) in [6.07, 6.45) is 2.30. The van der Waals surface area contributed by atoms with Crippen molar-refractivity contribution in [1.29, 1.82) is 0 Å². The number of terminal acetylenes is 1. The van der Waals surface area contributed by atoms with Crippen LogP contribution in [0.15, 0.2) is 12.2 Å². The Labute approximate surface area is 133 Å². The average molecular weight is 331 g/mol. The van der Waals surface area contributed by atoms with Crippen LogP contribution in [-0.4, -0.2) is 79.0 Å². The highest BCUT2D eigenvalue weighted by molar-refractivity contribution is 5.88. The van der Waals surface area contributed by atoms with Crippen molar-refractivity contribution in [3.05, 3.63) is 12.2 Å². The number of amides is 2. The fourth-order valence-corrected chi connectivity index (χ4v) is 2.12. The molecule has 0 unspecified atom stereocenters. The Bertz CT molecular complexity index is 489. The first-order chi connectivity index (χ1) is 10.7. The van der Waals surface area contributed by atoms with Gasteiger partial charge in [0.2, 0.25) is 11.8 Å². The van der Waals surface area contributed by atoms with Gasteiger partial charge in [0.25, 0.3) is 0 Å². The van der Waals surface area contributed by atoms with Gasteiger partial charge in [-0.1, -0.05) is 12.0 Å². The van der Waals surface area contributed by atoms with Crippen LogP contribution >= 0.6 is 0 Å². The Morgan fingerprint density at radius 1 is 1.22 bits per heavy atom. The highest BCUT2D eigenvalue weighted by Crippen LogP contribution is 2.21. The lowest BCUT2D eigenvalue weighted by Crippen LogP contribution is -2.50. The minimum atomic E-state index is -4.50. The van der Waals surface area contributed by atoms with Gasteiger partial charge in [-0.15, -0.1) is 6.42 Å². The maximum absolute atomic E-state index is 12.2. The van der Waals surface area contributed by atoms with Gasteiger partial charge in [0.15, 0.2) is 0 Å². The molecule has 0 radical (unpaired) electrons. The van der Waals surface area contributed by atoms with Crippen LogP contribution in [0.4, 0.5) is 13.2 Å². The first-order valence-corrected chi connectivity index (χ1v) is 7.15. The van der Waals surface area contributed by atoms with E-state index in [4.69, 9.17) is 6.42 Å². The van der Waals surface area contributed by atoms with E-state index in [1.54, 1.807) is 6.08 Å². The number of likely N-dealkylation sites (N-methyl/N-ethyl adjacent to an activating group) is 1. The Kier molecular flexibility index (Phi) is 7.10. The van der Waals surface area contributed by atoms with Crippen LogP contribution in [0.1, 0.15) is 6.42 Å². The van der Waals surface area contributed by atoms with Crippen molar-refractivity contribution in [2.24, 2.45) is 0 Å². The summed E-state index contributed by atoms with van der Waals surface area (Å²) in [5.41, 5.74) is 0. The van der Waals surface area contributed by atoms with Crippen molar-refractivity contribution >= 4 is 11.8 Å². The molecule has 128 valence electrons. The minimum absolute atomic E-state index is 0.117. The summed E-state index contributed by atoms with van der Waals surface area (Å²) in [7, 11) is 1.82. The van der Waals surface area contributed by atoms with Crippen LogP contribution in [0.5, 0.6) is 0 Å². The summed E-state index contributed by atoms with van der Waals surface area (Å²) in [5, 5.41) is 0. The van der Waals surface area contributed by atoms with Crippen LogP contribution in [0.3, 0.4) is 0 Å². The molecule has 0 aliphatic carbocycles. The van der Waals surface area contributed by atoms with Gasteiger partial charge in [-0.25, -0.2) is 0 Å². The molecular formula is C15H20F3N3O2. The molecule has 8 heteroatoms. The van der Waals surface area contributed by atoms with Crippen molar-refractivity contribution in [1.82, 2.24) is 14.7 Å². The lowest BCUT2D eigenvalue weighted by atomic mass is 10.2. The first-order valence-electron chi connectivity index (χ1n) is 7.15. The Morgan fingerprint density at radius 3 is 2.30 bits per heavy atom. The third-order valence-corrected chi connectivity index (χ3v) is 3.33. The number of nitrogens with zero attached hydrogens (tertiary/aromatic N) is 3. The zero-order valence-corrected chi connectivity index (χ0v) is 13.0. The molecule has 1 aliphatic heterocycles. The summed E-state index contributed by atoms with van der Waals surface area (Å²) >= 11 is 0. The molecule has 0 spiro atoms. The molecule has 0 aromatic carbocycles. The van der Waals surface area contributed by atoms with Crippen LogP contribution < -0.4 is 0 Å². The number of rotatable bonds is 5. The van der Waals surface area contributed by atoms with Crippen LogP contribution in [0, 0.1) is 12.3 Å². The molecule has 0 aromatic rings. The molecule has 0 saturated carbocycles. The van der Waals surface area contributed by atoms with Crippen molar-refractivity contribution in [2.75, 3.05) is 46.3 Å². The number of alkyl halides is 3. The number of carbonyl (C=O) groups excluding carboxylic acids is 2. The number of carbonyl (C=O) groups is 2. The molecule has 0 aromatic heterocycles. The van der Waals surface area contributed by atoms with Gasteiger partial charge in [-0.05, 0) is 7.05 Å². The third kappa shape index (κ3) is 7.19. The molecule has 0 N–H and O–H groups in total. The smallest absolute Gasteiger partial charge is 0.339 e. The topological polar surface area (TPSA) is 43.9 Å². The van der Waals surface area contributed by atoms with E-state index in [1.807, 2.05) is 11.9 Å². The van der Waals surface area contributed by atoms with Gasteiger partial charge in [0, 0.05) is 38.8 Å². The highest BCUT2D eigenvalue weighted by atomic mass is 19.4. The second kappa shape index (κ2) is 8.58. The maximum Gasteiger partial charge on any atom is 0.397 e. The zero-order chi connectivity index (χ0) is 17.5. The molecule has 0 atom stereocenters. The van der Waals surface area contributed by atoms with Crippen molar-refractivity contribution in [3.8, 4) is 12.3 Å². The summed E-state index contributed by atoms with van der Waals surface area (Å²) in [6.45, 7) is 1.69. The lowest BCUT2D eigenvalue weighted by Gasteiger charge is -2.34. The third-order valence-electron chi connectivity index (χ3n) is 3.33.